The maximum absolute atomic E-state index is 12.9. The Hall–Kier alpha value is -2.98. The number of thioether (sulfide) groups is 1. The van der Waals surface area contributed by atoms with Crippen LogP contribution in [0.5, 0.6) is 11.5 Å². The summed E-state index contributed by atoms with van der Waals surface area (Å²) in [6, 6.07) is 17.4. The van der Waals surface area contributed by atoms with Crippen molar-refractivity contribution in [2.24, 2.45) is 0 Å². The maximum atomic E-state index is 12.9. The van der Waals surface area contributed by atoms with Crippen molar-refractivity contribution in [1.29, 1.82) is 0 Å². The molecule has 3 amide bonds. The van der Waals surface area contributed by atoms with Crippen LogP contribution in [0.15, 0.2) is 70.0 Å². The van der Waals surface area contributed by atoms with Gasteiger partial charge in [0.05, 0.1) is 21.6 Å². The Labute approximate surface area is 242 Å². The fourth-order valence-corrected chi connectivity index (χ4v) is 4.88. The maximum Gasteiger partial charge on any atom is 0.294 e. The second-order valence-electron chi connectivity index (χ2n) is 8.00. The predicted molar refractivity (Wildman–Crippen MR) is 154 cm³/mol. The highest BCUT2D eigenvalue weighted by molar-refractivity contribution is 9.10. The number of hydrogen-bond donors (Lipinski definition) is 1. The first-order valence-electron chi connectivity index (χ1n) is 11.4. The first-order chi connectivity index (χ1) is 18.2. The number of nitrogens with one attached hydrogen (secondary N) is 1. The fraction of sp³-hybridized carbons (Fsp3) is 0.148. The second-order valence-corrected chi connectivity index (χ2v) is 10.7. The third-order valence-electron chi connectivity index (χ3n) is 5.25. The lowest BCUT2D eigenvalue weighted by Crippen LogP contribution is -2.36. The Kier molecular flexibility index (Phi) is 9.38. The zero-order valence-corrected chi connectivity index (χ0v) is 23.9. The van der Waals surface area contributed by atoms with Gasteiger partial charge in [-0.2, -0.15) is 0 Å². The lowest BCUT2D eigenvalue weighted by atomic mass is 10.1. The van der Waals surface area contributed by atoms with E-state index in [-0.39, 0.29) is 18.1 Å². The number of anilines is 1. The molecule has 4 rings (SSSR count). The summed E-state index contributed by atoms with van der Waals surface area (Å²) in [7, 11) is 0. The molecule has 7 nitrogen and oxygen atoms in total. The van der Waals surface area contributed by atoms with Crippen LogP contribution < -0.4 is 14.8 Å². The number of benzene rings is 3. The molecule has 0 aromatic heterocycles. The van der Waals surface area contributed by atoms with Crippen molar-refractivity contribution in [1.82, 2.24) is 4.90 Å². The number of imide groups is 1. The van der Waals surface area contributed by atoms with Crippen molar-refractivity contribution in [3.63, 3.8) is 0 Å². The highest BCUT2D eigenvalue weighted by atomic mass is 79.9. The monoisotopic (exact) mass is 634 g/mol. The van der Waals surface area contributed by atoms with Crippen LogP contribution in [-0.2, 0) is 16.2 Å². The van der Waals surface area contributed by atoms with Gasteiger partial charge in [0.2, 0.25) is 5.91 Å². The number of carbonyl (C=O) groups is 3. The Morgan fingerprint density at radius 3 is 2.47 bits per heavy atom. The third-order valence-corrected chi connectivity index (χ3v) is 7.42. The van der Waals surface area contributed by atoms with Gasteiger partial charge in [-0.1, -0.05) is 51.3 Å². The van der Waals surface area contributed by atoms with Gasteiger partial charge in [0.1, 0.15) is 13.2 Å². The van der Waals surface area contributed by atoms with Gasteiger partial charge in [0.15, 0.2) is 11.5 Å². The quantitative estimate of drug-likeness (QED) is 0.247. The molecular formula is C27H21BrCl2N2O5S. The van der Waals surface area contributed by atoms with E-state index >= 15 is 0 Å². The molecule has 1 aliphatic heterocycles. The summed E-state index contributed by atoms with van der Waals surface area (Å²) >= 11 is 16.2. The third kappa shape index (κ3) is 7.11. The zero-order chi connectivity index (χ0) is 27.2. The number of ether oxygens (including phenoxy) is 2. The largest absolute Gasteiger partial charge is 0.490 e. The van der Waals surface area contributed by atoms with E-state index in [0.717, 1.165) is 26.7 Å². The van der Waals surface area contributed by atoms with Gasteiger partial charge in [-0.05, 0) is 84.4 Å². The number of hydrogen-bond acceptors (Lipinski definition) is 6. The average molecular weight is 636 g/mol. The Morgan fingerprint density at radius 1 is 1.00 bits per heavy atom. The summed E-state index contributed by atoms with van der Waals surface area (Å²) in [5.74, 6) is -0.0240. The van der Waals surface area contributed by atoms with Crippen molar-refractivity contribution in [3.05, 3.63) is 91.2 Å². The summed E-state index contributed by atoms with van der Waals surface area (Å²) in [4.78, 5) is 38.9. The van der Waals surface area contributed by atoms with E-state index in [1.165, 1.54) is 0 Å². The Balaban J connectivity index is 1.44. The summed E-state index contributed by atoms with van der Waals surface area (Å²) in [6.45, 7) is 2.11. The van der Waals surface area contributed by atoms with Crippen molar-refractivity contribution in [2.45, 2.75) is 13.5 Å². The summed E-state index contributed by atoms with van der Waals surface area (Å²) in [6.07, 6.45) is 1.59. The topological polar surface area (TPSA) is 84.9 Å². The van der Waals surface area contributed by atoms with Gasteiger partial charge in [-0.3, -0.25) is 19.3 Å². The van der Waals surface area contributed by atoms with E-state index in [4.69, 9.17) is 32.7 Å². The van der Waals surface area contributed by atoms with Crippen LogP contribution >= 0.6 is 50.9 Å². The highest BCUT2D eigenvalue weighted by Gasteiger charge is 2.36. The van der Waals surface area contributed by atoms with Crippen LogP contribution in [0.25, 0.3) is 6.08 Å². The van der Waals surface area contributed by atoms with Crippen LogP contribution in [0.2, 0.25) is 10.0 Å². The SMILES string of the molecule is CCOc1cc(/C=C2/SC(=O)N(CC(=O)Nc3ccc(Br)cc3)C2=O)ccc1OCc1ccc(Cl)c(Cl)c1. The van der Waals surface area contributed by atoms with E-state index in [0.29, 0.717) is 39.4 Å². The van der Waals surface area contributed by atoms with E-state index in [1.54, 1.807) is 60.7 Å². The minimum atomic E-state index is -0.538. The lowest BCUT2D eigenvalue weighted by molar-refractivity contribution is -0.127. The van der Waals surface area contributed by atoms with Crippen LogP contribution in [0, 0.1) is 0 Å². The predicted octanol–water partition coefficient (Wildman–Crippen LogP) is 7.41. The van der Waals surface area contributed by atoms with Crippen molar-refractivity contribution in [3.8, 4) is 11.5 Å². The standard InChI is InChI=1S/C27H21BrCl2N2O5S/c1-2-36-23-12-16(4-10-22(23)37-15-17-3-9-20(29)21(30)11-17)13-24-26(34)32(27(35)38-24)14-25(33)31-19-7-5-18(28)6-8-19/h3-13H,2,14-15H2,1H3,(H,31,33)/b24-13+. The van der Waals surface area contributed by atoms with Crippen LogP contribution in [-0.4, -0.2) is 35.1 Å². The molecule has 3 aromatic rings. The molecule has 0 aliphatic carbocycles. The first kappa shape index (κ1) is 28.0. The molecule has 0 saturated carbocycles. The van der Waals surface area contributed by atoms with Crippen LogP contribution in [0.4, 0.5) is 10.5 Å². The molecule has 1 saturated heterocycles. The Bertz CT molecular complexity index is 1420. The number of halogens is 3. The summed E-state index contributed by atoms with van der Waals surface area (Å²) in [5.41, 5.74) is 2.04. The van der Waals surface area contributed by atoms with Crippen LogP contribution in [0.3, 0.4) is 0 Å². The number of nitrogens with zero attached hydrogens (tertiary/aromatic N) is 1. The number of rotatable bonds is 9. The number of amides is 3. The molecule has 0 bridgehead atoms. The normalized spacial score (nSPS) is 14.2. The van der Waals surface area contributed by atoms with E-state index in [9.17, 15) is 14.4 Å². The van der Waals surface area contributed by atoms with Gasteiger partial charge < -0.3 is 14.8 Å². The summed E-state index contributed by atoms with van der Waals surface area (Å²) in [5, 5.41) is 3.07. The second kappa shape index (κ2) is 12.7. The molecular weight excluding hydrogens is 615 g/mol. The van der Waals surface area contributed by atoms with Gasteiger partial charge in [0.25, 0.3) is 11.1 Å². The van der Waals surface area contributed by atoms with Gasteiger partial charge in [-0.15, -0.1) is 0 Å². The molecule has 38 heavy (non-hydrogen) atoms. The van der Waals surface area contributed by atoms with E-state index < -0.39 is 17.1 Å². The molecule has 0 unspecified atom stereocenters. The van der Waals surface area contributed by atoms with Crippen LogP contribution in [0.1, 0.15) is 18.1 Å². The van der Waals surface area contributed by atoms with Crippen molar-refractivity contribution in [2.75, 3.05) is 18.5 Å². The molecule has 1 N–H and O–H groups in total. The molecule has 196 valence electrons. The van der Waals surface area contributed by atoms with Crippen molar-refractivity contribution >= 4 is 79.7 Å². The molecule has 0 spiro atoms. The average Bonchev–Trinajstić information content (AvgIpc) is 3.14. The molecule has 0 radical (unpaired) electrons. The number of carbonyl (C=O) groups excluding carboxylic acids is 3. The molecule has 1 fully saturated rings. The molecule has 1 aliphatic rings. The van der Waals surface area contributed by atoms with Gasteiger partial charge in [0, 0.05) is 10.2 Å². The molecule has 1 heterocycles. The molecule has 0 atom stereocenters. The highest BCUT2D eigenvalue weighted by Crippen LogP contribution is 2.35. The lowest BCUT2D eigenvalue weighted by Gasteiger charge is -2.13. The minimum absolute atomic E-state index is 0.207. The summed E-state index contributed by atoms with van der Waals surface area (Å²) < 4.78 is 12.5. The molecule has 11 heteroatoms. The smallest absolute Gasteiger partial charge is 0.294 e. The molecule has 3 aromatic carbocycles. The Morgan fingerprint density at radius 2 is 1.76 bits per heavy atom. The van der Waals surface area contributed by atoms with Crippen molar-refractivity contribution < 1.29 is 23.9 Å². The van der Waals surface area contributed by atoms with E-state index in [2.05, 4.69) is 21.2 Å². The minimum Gasteiger partial charge on any atom is -0.490 e. The first-order valence-corrected chi connectivity index (χ1v) is 13.7. The van der Waals surface area contributed by atoms with Gasteiger partial charge in [-0.25, -0.2) is 0 Å². The van der Waals surface area contributed by atoms with E-state index in [1.807, 2.05) is 13.0 Å². The zero-order valence-electron chi connectivity index (χ0n) is 20.0. The fourth-order valence-electron chi connectivity index (χ4n) is 3.46. The van der Waals surface area contributed by atoms with Gasteiger partial charge >= 0.3 is 0 Å².